The van der Waals surface area contributed by atoms with E-state index in [1.165, 1.54) is 19.1 Å². The molecule has 9 heteroatoms. The van der Waals surface area contributed by atoms with Crippen molar-refractivity contribution in [2.45, 2.75) is 25.9 Å². The molecular weight excluding hydrogens is 399 g/mol. The second-order valence-electron chi connectivity index (χ2n) is 6.61. The maximum atomic E-state index is 13.2. The Morgan fingerprint density at radius 3 is 2.14 bits per heavy atom. The van der Waals surface area contributed by atoms with Crippen LogP contribution >= 0.6 is 0 Å². The van der Waals surface area contributed by atoms with Crippen LogP contribution in [0.1, 0.15) is 13.8 Å². The Hall–Kier alpha value is -2.81. The van der Waals surface area contributed by atoms with Crippen molar-refractivity contribution in [2.75, 3.05) is 24.3 Å². The predicted molar refractivity (Wildman–Crippen MR) is 109 cm³/mol. The van der Waals surface area contributed by atoms with Gasteiger partial charge in [-0.05, 0) is 62.4 Å². The molecule has 0 spiro atoms. The number of carbonyl (C=O) groups excluding carboxylic acids is 1. The molecular formula is C20H25FN2O5S. The van der Waals surface area contributed by atoms with Crippen molar-refractivity contribution in [1.29, 1.82) is 0 Å². The maximum Gasteiger partial charge on any atom is 0.243 e. The zero-order valence-electron chi connectivity index (χ0n) is 16.8. The van der Waals surface area contributed by atoms with E-state index in [0.29, 0.717) is 11.5 Å². The van der Waals surface area contributed by atoms with E-state index in [0.717, 1.165) is 22.7 Å². The second kappa shape index (κ2) is 9.60. The van der Waals surface area contributed by atoms with Crippen molar-refractivity contribution in [3.63, 3.8) is 0 Å². The van der Waals surface area contributed by atoms with Crippen LogP contribution in [0.15, 0.2) is 48.5 Å². The number of halogens is 1. The minimum atomic E-state index is -3.77. The predicted octanol–water partition coefficient (Wildman–Crippen LogP) is 2.57. The van der Waals surface area contributed by atoms with Gasteiger partial charge in [0.25, 0.3) is 0 Å². The van der Waals surface area contributed by atoms with Crippen LogP contribution in [0.3, 0.4) is 0 Å². The first kappa shape index (κ1) is 22.5. The standard InChI is InChI=1S/C20H25FN2O5S/c1-14(13-28-19-11-9-18(27-3)10-12-19)22-20(24)15(2)23(29(4,25)26)17-7-5-16(21)6-8-17/h5-12,14-15H,13H2,1-4H3,(H,22,24)/t14-,15+/m0/s1. The van der Waals surface area contributed by atoms with E-state index in [9.17, 15) is 17.6 Å². The molecule has 1 N–H and O–H groups in total. The first-order chi connectivity index (χ1) is 13.6. The van der Waals surface area contributed by atoms with Crippen LogP contribution in [0.25, 0.3) is 0 Å². The van der Waals surface area contributed by atoms with Gasteiger partial charge in [0.2, 0.25) is 15.9 Å². The minimum absolute atomic E-state index is 0.195. The van der Waals surface area contributed by atoms with Gasteiger partial charge in [-0.25, -0.2) is 12.8 Å². The van der Waals surface area contributed by atoms with Gasteiger partial charge in [0, 0.05) is 0 Å². The molecule has 2 atom stereocenters. The molecule has 158 valence electrons. The topological polar surface area (TPSA) is 84.9 Å². The summed E-state index contributed by atoms with van der Waals surface area (Å²) < 4.78 is 49.3. The Bertz CT molecular complexity index is 917. The zero-order chi connectivity index (χ0) is 21.6. The number of hydrogen-bond donors (Lipinski definition) is 1. The van der Waals surface area contributed by atoms with E-state index in [2.05, 4.69) is 5.32 Å². The van der Waals surface area contributed by atoms with Crippen LogP contribution < -0.4 is 19.1 Å². The molecule has 0 radical (unpaired) electrons. The molecule has 0 saturated heterocycles. The number of sulfonamides is 1. The summed E-state index contributed by atoms with van der Waals surface area (Å²) in [4.78, 5) is 12.6. The van der Waals surface area contributed by atoms with Crippen LogP contribution in [0.2, 0.25) is 0 Å². The van der Waals surface area contributed by atoms with E-state index in [1.54, 1.807) is 38.3 Å². The Balaban J connectivity index is 2.01. The molecule has 2 aromatic carbocycles. The minimum Gasteiger partial charge on any atom is -0.497 e. The molecule has 0 bridgehead atoms. The molecule has 2 rings (SSSR count). The zero-order valence-corrected chi connectivity index (χ0v) is 17.6. The summed E-state index contributed by atoms with van der Waals surface area (Å²) in [6.07, 6.45) is 0.996. The lowest BCUT2D eigenvalue weighted by Gasteiger charge is -2.29. The number of hydrogen-bond acceptors (Lipinski definition) is 5. The number of anilines is 1. The number of methoxy groups -OCH3 is 1. The van der Waals surface area contributed by atoms with Gasteiger partial charge in [-0.3, -0.25) is 9.10 Å². The number of benzene rings is 2. The van der Waals surface area contributed by atoms with Gasteiger partial charge in [0.05, 0.1) is 25.1 Å². The molecule has 1 amide bonds. The smallest absolute Gasteiger partial charge is 0.243 e. The lowest BCUT2D eigenvalue weighted by molar-refractivity contribution is -0.122. The Labute approximate surface area is 170 Å². The molecule has 2 aromatic rings. The van der Waals surface area contributed by atoms with E-state index in [4.69, 9.17) is 9.47 Å². The van der Waals surface area contributed by atoms with Gasteiger partial charge in [-0.1, -0.05) is 0 Å². The van der Waals surface area contributed by atoms with Crippen LogP contribution in [-0.2, 0) is 14.8 Å². The molecule has 7 nitrogen and oxygen atoms in total. The Morgan fingerprint density at radius 1 is 1.07 bits per heavy atom. The molecule has 0 aromatic heterocycles. The van der Waals surface area contributed by atoms with Crippen LogP contribution in [0.5, 0.6) is 11.5 Å². The lowest BCUT2D eigenvalue weighted by Crippen LogP contribution is -2.50. The van der Waals surface area contributed by atoms with Gasteiger partial charge < -0.3 is 14.8 Å². The van der Waals surface area contributed by atoms with Gasteiger partial charge in [-0.2, -0.15) is 0 Å². The summed E-state index contributed by atoms with van der Waals surface area (Å²) in [6.45, 7) is 3.41. The molecule has 0 aliphatic carbocycles. The van der Waals surface area contributed by atoms with Gasteiger partial charge >= 0.3 is 0 Å². The highest BCUT2D eigenvalue weighted by Gasteiger charge is 2.29. The highest BCUT2D eigenvalue weighted by molar-refractivity contribution is 7.92. The number of amides is 1. The molecule has 0 heterocycles. The normalized spacial score (nSPS) is 13.3. The summed E-state index contributed by atoms with van der Waals surface area (Å²) in [7, 11) is -2.20. The second-order valence-corrected chi connectivity index (χ2v) is 8.47. The third-order valence-corrected chi connectivity index (χ3v) is 5.36. The summed E-state index contributed by atoms with van der Waals surface area (Å²) in [5.74, 6) is 0.326. The van der Waals surface area contributed by atoms with Crippen LogP contribution in [0.4, 0.5) is 10.1 Å². The lowest BCUT2D eigenvalue weighted by atomic mass is 10.2. The van der Waals surface area contributed by atoms with Crippen molar-refractivity contribution in [3.8, 4) is 11.5 Å². The van der Waals surface area contributed by atoms with Crippen molar-refractivity contribution < 1.29 is 27.1 Å². The fourth-order valence-electron chi connectivity index (χ4n) is 2.70. The van der Waals surface area contributed by atoms with Crippen molar-refractivity contribution in [2.24, 2.45) is 0 Å². The molecule has 29 heavy (non-hydrogen) atoms. The van der Waals surface area contributed by atoms with E-state index >= 15 is 0 Å². The molecule has 0 aliphatic heterocycles. The average molecular weight is 424 g/mol. The maximum absolute atomic E-state index is 13.2. The third-order valence-electron chi connectivity index (χ3n) is 4.12. The van der Waals surface area contributed by atoms with E-state index in [-0.39, 0.29) is 18.3 Å². The average Bonchev–Trinajstić information content (AvgIpc) is 2.67. The van der Waals surface area contributed by atoms with Gasteiger partial charge in [-0.15, -0.1) is 0 Å². The number of ether oxygens (including phenoxy) is 2. The highest BCUT2D eigenvalue weighted by Crippen LogP contribution is 2.21. The Morgan fingerprint density at radius 2 is 1.62 bits per heavy atom. The quantitative estimate of drug-likeness (QED) is 0.669. The molecule has 0 fully saturated rings. The van der Waals surface area contributed by atoms with Gasteiger partial charge in [0.1, 0.15) is 30.0 Å². The molecule has 0 aliphatic rings. The van der Waals surface area contributed by atoms with Crippen LogP contribution in [0, 0.1) is 5.82 Å². The third kappa shape index (κ3) is 6.35. The fourth-order valence-corrected chi connectivity index (χ4v) is 3.87. The fraction of sp³-hybridized carbons (Fsp3) is 0.350. The van der Waals surface area contributed by atoms with Crippen molar-refractivity contribution in [3.05, 3.63) is 54.3 Å². The van der Waals surface area contributed by atoms with Crippen LogP contribution in [-0.4, -0.2) is 46.4 Å². The molecule has 0 unspecified atom stereocenters. The Kier molecular flexibility index (Phi) is 7.44. The van der Waals surface area contributed by atoms with Crippen molar-refractivity contribution >= 4 is 21.6 Å². The summed E-state index contributed by atoms with van der Waals surface area (Å²) in [5, 5.41) is 2.74. The number of rotatable bonds is 9. The monoisotopic (exact) mass is 424 g/mol. The van der Waals surface area contributed by atoms with E-state index < -0.39 is 27.8 Å². The first-order valence-corrected chi connectivity index (χ1v) is 10.8. The summed E-state index contributed by atoms with van der Waals surface area (Å²) in [6, 6.07) is 10.5. The summed E-state index contributed by atoms with van der Waals surface area (Å²) >= 11 is 0. The molecule has 0 saturated carbocycles. The summed E-state index contributed by atoms with van der Waals surface area (Å²) in [5.41, 5.74) is 0.207. The number of nitrogens with one attached hydrogen (secondary N) is 1. The number of carbonyl (C=O) groups is 1. The number of nitrogens with zero attached hydrogens (tertiary/aromatic N) is 1. The van der Waals surface area contributed by atoms with E-state index in [1.807, 2.05) is 0 Å². The first-order valence-electron chi connectivity index (χ1n) is 8.94. The highest BCUT2D eigenvalue weighted by atomic mass is 32.2. The van der Waals surface area contributed by atoms with Crippen molar-refractivity contribution in [1.82, 2.24) is 5.32 Å². The SMILES string of the molecule is COc1ccc(OC[C@H](C)NC(=O)[C@@H](C)N(c2ccc(F)cc2)S(C)(=O)=O)cc1. The largest absolute Gasteiger partial charge is 0.497 e. The van der Waals surface area contributed by atoms with Gasteiger partial charge in [0.15, 0.2) is 0 Å².